The quantitative estimate of drug-likeness (QED) is 0.705. The first-order valence-corrected chi connectivity index (χ1v) is 9.51. The molecule has 0 unspecified atom stereocenters. The van der Waals surface area contributed by atoms with Crippen LogP contribution in [0.15, 0.2) is 17.2 Å². The first-order valence-electron chi connectivity index (χ1n) is 9.51. The van der Waals surface area contributed by atoms with E-state index in [1.165, 1.54) is 6.42 Å². The average molecular weight is 362 g/mol. The van der Waals surface area contributed by atoms with Crippen LogP contribution in [0.5, 0.6) is 17.2 Å². The number of amides is 1. The van der Waals surface area contributed by atoms with Crippen molar-refractivity contribution < 1.29 is 19.0 Å². The van der Waals surface area contributed by atoms with Gasteiger partial charge in [-0.2, -0.15) is 5.10 Å². The predicted molar refractivity (Wildman–Crippen MR) is 102 cm³/mol. The summed E-state index contributed by atoms with van der Waals surface area (Å²) >= 11 is 0. The van der Waals surface area contributed by atoms with Gasteiger partial charge in [-0.15, -0.1) is 0 Å². The maximum Gasteiger partial charge on any atom is 0.271 e. The molecule has 2 rings (SSSR count). The maximum absolute atomic E-state index is 12.6. The lowest BCUT2D eigenvalue weighted by Crippen LogP contribution is -2.22. The van der Waals surface area contributed by atoms with E-state index in [2.05, 4.69) is 17.5 Å². The summed E-state index contributed by atoms with van der Waals surface area (Å²) in [7, 11) is 0. The highest BCUT2D eigenvalue weighted by Gasteiger charge is 2.19. The summed E-state index contributed by atoms with van der Waals surface area (Å²) in [4.78, 5) is 12.6. The molecule has 0 spiro atoms. The molecule has 0 bridgehead atoms. The molecule has 1 saturated carbocycles. The molecule has 0 radical (unpaired) electrons. The average Bonchev–Trinajstić information content (AvgIpc) is 2.62. The van der Waals surface area contributed by atoms with Gasteiger partial charge >= 0.3 is 0 Å². The molecule has 1 aromatic rings. The van der Waals surface area contributed by atoms with Crippen LogP contribution in [0.25, 0.3) is 0 Å². The Balaban J connectivity index is 2.23. The van der Waals surface area contributed by atoms with E-state index in [0.717, 1.165) is 25.0 Å². The third-order valence-corrected chi connectivity index (χ3v) is 4.23. The minimum absolute atomic E-state index is 0.277. The Bertz CT molecular complexity index is 616. The minimum Gasteiger partial charge on any atom is -0.490 e. The number of benzene rings is 1. The Morgan fingerprint density at radius 1 is 1.12 bits per heavy atom. The summed E-state index contributed by atoms with van der Waals surface area (Å²) in [6, 6.07) is 3.35. The Labute approximate surface area is 155 Å². The molecule has 1 amide bonds. The molecule has 144 valence electrons. The van der Waals surface area contributed by atoms with Crippen LogP contribution in [0, 0.1) is 5.92 Å². The second-order valence-corrected chi connectivity index (χ2v) is 6.42. The van der Waals surface area contributed by atoms with Gasteiger partial charge in [-0.1, -0.05) is 6.92 Å². The fraction of sp³-hybridized carbons (Fsp3) is 0.600. The van der Waals surface area contributed by atoms with Crippen molar-refractivity contribution in [1.29, 1.82) is 0 Å². The summed E-state index contributed by atoms with van der Waals surface area (Å²) in [6.45, 7) is 9.31. The smallest absolute Gasteiger partial charge is 0.271 e. The lowest BCUT2D eigenvalue weighted by Gasteiger charge is -2.19. The largest absolute Gasteiger partial charge is 0.490 e. The van der Waals surface area contributed by atoms with Gasteiger partial charge in [0.25, 0.3) is 5.91 Å². The van der Waals surface area contributed by atoms with Crippen molar-refractivity contribution in [2.24, 2.45) is 11.0 Å². The maximum atomic E-state index is 12.6. The van der Waals surface area contributed by atoms with E-state index < -0.39 is 0 Å². The Hall–Kier alpha value is -2.24. The SMILES string of the molecule is CCOc1cc(C(=O)N/N=C2/CCC[C@@H](C)C2)cc(OCC)c1OCC. The predicted octanol–water partition coefficient (Wildman–Crippen LogP) is 4.18. The summed E-state index contributed by atoms with van der Waals surface area (Å²) in [6.07, 6.45) is 4.24. The van der Waals surface area contributed by atoms with Crippen molar-refractivity contribution in [2.45, 2.75) is 53.4 Å². The van der Waals surface area contributed by atoms with E-state index >= 15 is 0 Å². The van der Waals surface area contributed by atoms with Crippen molar-refractivity contribution in [3.63, 3.8) is 0 Å². The van der Waals surface area contributed by atoms with E-state index in [0.29, 0.717) is 48.6 Å². The Morgan fingerprint density at radius 2 is 1.73 bits per heavy atom. The van der Waals surface area contributed by atoms with Crippen molar-refractivity contribution in [3.8, 4) is 17.2 Å². The number of hydrogen-bond donors (Lipinski definition) is 1. The third-order valence-electron chi connectivity index (χ3n) is 4.23. The van der Waals surface area contributed by atoms with E-state index in [1.807, 2.05) is 20.8 Å². The number of nitrogens with zero attached hydrogens (tertiary/aromatic N) is 1. The summed E-state index contributed by atoms with van der Waals surface area (Å²) in [5, 5.41) is 4.32. The van der Waals surface area contributed by atoms with E-state index in [4.69, 9.17) is 14.2 Å². The van der Waals surface area contributed by atoms with Gasteiger partial charge in [0, 0.05) is 11.3 Å². The zero-order valence-electron chi connectivity index (χ0n) is 16.3. The van der Waals surface area contributed by atoms with Gasteiger partial charge in [0.1, 0.15) is 0 Å². The molecule has 1 N–H and O–H groups in total. The number of hydrazone groups is 1. The molecule has 6 nitrogen and oxygen atoms in total. The minimum atomic E-state index is -0.277. The first kappa shape index (κ1) is 20.1. The van der Waals surface area contributed by atoms with Crippen LogP contribution >= 0.6 is 0 Å². The van der Waals surface area contributed by atoms with E-state index in [9.17, 15) is 4.79 Å². The first-order chi connectivity index (χ1) is 12.6. The molecule has 6 heteroatoms. The molecule has 1 fully saturated rings. The normalized spacial score (nSPS) is 18.5. The molecule has 1 aromatic carbocycles. The lowest BCUT2D eigenvalue weighted by molar-refractivity contribution is 0.0953. The van der Waals surface area contributed by atoms with E-state index in [-0.39, 0.29) is 5.91 Å². The molecule has 1 aliphatic rings. The molecule has 0 saturated heterocycles. The second-order valence-electron chi connectivity index (χ2n) is 6.42. The second kappa shape index (κ2) is 10.0. The molecule has 26 heavy (non-hydrogen) atoms. The summed E-state index contributed by atoms with van der Waals surface area (Å²) in [5.41, 5.74) is 4.17. The van der Waals surface area contributed by atoms with Gasteiger partial charge in [-0.3, -0.25) is 4.79 Å². The molecule has 0 heterocycles. The van der Waals surface area contributed by atoms with Gasteiger partial charge in [0.15, 0.2) is 11.5 Å². The van der Waals surface area contributed by atoms with Gasteiger partial charge in [-0.25, -0.2) is 5.43 Å². The van der Waals surface area contributed by atoms with Crippen LogP contribution in [-0.4, -0.2) is 31.4 Å². The standard InChI is InChI=1S/C20H30N2O4/c1-5-24-17-12-15(13-18(25-6-2)19(17)26-7-3)20(23)22-21-16-10-8-9-14(4)11-16/h12-14H,5-11H2,1-4H3,(H,22,23)/b21-16-/t14-/m1/s1. The van der Waals surface area contributed by atoms with Gasteiger partial charge in [-0.05, 0) is 64.5 Å². The fourth-order valence-corrected chi connectivity index (χ4v) is 3.08. The van der Waals surface area contributed by atoms with Crippen LogP contribution in [0.3, 0.4) is 0 Å². The number of carbonyl (C=O) groups is 1. The lowest BCUT2D eigenvalue weighted by atomic mass is 9.89. The van der Waals surface area contributed by atoms with Crippen molar-refractivity contribution in [2.75, 3.05) is 19.8 Å². The summed E-state index contributed by atoms with van der Waals surface area (Å²) in [5.74, 6) is 1.88. The van der Waals surface area contributed by atoms with Crippen molar-refractivity contribution >= 4 is 11.6 Å². The van der Waals surface area contributed by atoms with Crippen LogP contribution in [0.4, 0.5) is 0 Å². The van der Waals surface area contributed by atoms with Gasteiger partial charge in [0.2, 0.25) is 5.75 Å². The molecule has 0 aromatic heterocycles. The van der Waals surface area contributed by atoms with Crippen LogP contribution in [0.1, 0.15) is 63.7 Å². The zero-order chi connectivity index (χ0) is 18.9. The number of hydrogen-bond acceptors (Lipinski definition) is 5. The third kappa shape index (κ3) is 5.38. The van der Waals surface area contributed by atoms with Crippen molar-refractivity contribution in [1.82, 2.24) is 5.43 Å². The number of nitrogens with one attached hydrogen (secondary N) is 1. The summed E-state index contributed by atoms with van der Waals surface area (Å²) < 4.78 is 17.0. The monoisotopic (exact) mass is 362 g/mol. The molecular weight excluding hydrogens is 332 g/mol. The van der Waals surface area contributed by atoms with Crippen LogP contribution in [-0.2, 0) is 0 Å². The van der Waals surface area contributed by atoms with E-state index in [1.54, 1.807) is 12.1 Å². The molecule has 1 atom stereocenters. The Kier molecular flexibility index (Phi) is 7.75. The highest BCUT2D eigenvalue weighted by Crippen LogP contribution is 2.39. The number of ether oxygens (including phenoxy) is 3. The van der Waals surface area contributed by atoms with Crippen LogP contribution < -0.4 is 19.6 Å². The topological polar surface area (TPSA) is 69.2 Å². The molecule has 1 aliphatic carbocycles. The zero-order valence-corrected chi connectivity index (χ0v) is 16.3. The van der Waals surface area contributed by atoms with Crippen LogP contribution in [0.2, 0.25) is 0 Å². The fourth-order valence-electron chi connectivity index (χ4n) is 3.08. The van der Waals surface area contributed by atoms with Gasteiger partial charge < -0.3 is 14.2 Å². The highest BCUT2D eigenvalue weighted by molar-refractivity contribution is 5.96. The highest BCUT2D eigenvalue weighted by atomic mass is 16.5. The number of rotatable bonds is 8. The van der Waals surface area contributed by atoms with Gasteiger partial charge in [0.05, 0.1) is 19.8 Å². The number of carbonyl (C=O) groups excluding carboxylic acids is 1. The molecular formula is C20H30N2O4. The van der Waals surface area contributed by atoms with Crippen molar-refractivity contribution in [3.05, 3.63) is 17.7 Å². The molecule has 0 aliphatic heterocycles. The Morgan fingerprint density at radius 3 is 2.27 bits per heavy atom.